The summed E-state index contributed by atoms with van der Waals surface area (Å²) in [5.41, 5.74) is 3.71. The van der Waals surface area contributed by atoms with E-state index in [1.54, 1.807) is 13.1 Å². The van der Waals surface area contributed by atoms with Crippen molar-refractivity contribution < 1.29 is 13.9 Å². The molecule has 3 aromatic rings. The smallest absolute Gasteiger partial charge is 0.339 e. The van der Waals surface area contributed by atoms with E-state index in [2.05, 4.69) is 10.3 Å². The van der Waals surface area contributed by atoms with Crippen molar-refractivity contribution in [3.8, 4) is 5.75 Å². The predicted molar refractivity (Wildman–Crippen MR) is 110 cm³/mol. The van der Waals surface area contributed by atoms with Gasteiger partial charge in [0.15, 0.2) is 6.10 Å². The molecule has 0 aliphatic heterocycles. The number of rotatable bonds is 5. The number of aryl methyl sites for hydroxylation is 2. The Labute approximate surface area is 168 Å². The summed E-state index contributed by atoms with van der Waals surface area (Å²) in [5.74, 6) is 0.305. The van der Waals surface area contributed by atoms with Crippen molar-refractivity contribution in [3.63, 3.8) is 0 Å². The highest BCUT2D eigenvalue weighted by atomic mass is 16.5. The van der Waals surface area contributed by atoms with Gasteiger partial charge in [-0.1, -0.05) is 6.07 Å². The average Bonchev–Trinajstić information content (AvgIpc) is 2.75. The van der Waals surface area contributed by atoms with Gasteiger partial charge in [0.05, 0.1) is 12.2 Å². The zero-order valence-corrected chi connectivity index (χ0v) is 16.7. The predicted octanol–water partition coefficient (Wildman–Crippen LogP) is 3.46. The van der Waals surface area contributed by atoms with Crippen molar-refractivity contribution in [2.24, 2.45) is 0 Å². The average molecular weight is 392 g/mol. The van der Waals surface area contributed by atoms with Crippen LogP contribution >= 0.6 is 0 Å². The molecule has 0 spiro atoms. The molecule has 0 unspecified atom stereocenters. The van der Waals surface area contributed by atoms with Gasteiger partial charge < -0.3 is 14.5 Å². The summed E-state index contributed by atoms with van der Waals surface area (Å²) in [6, 6.07) is 9.34. The van der Waals surface area contributed by atoms with Gasteiger partial charge in [0, 0.05) is 22.7 Å². The van der Waals surface area contributed by atoms with Crippen molar-refractivity contribution in [1.29, 1.82) is 0 Å². The number of fused-ring (bicyclic) bond motifs is 3. The number of ether oxygens (including phenoxy) is 1. The third kappa shape index (κ3) is 3.88. The largest absolute Gasteiger partial charge is 0.480 e. The monoisotopic (exact) mass is 392 g/mol. The molecule has 0 fully saturated rings. The van der Waals surface area contributed by atoms with E-state index in [1.165, 1.54) is 0 Å². The van der Waals surface area contributed by atoms with Crippen LogP contribution in [0.25, 0.3) is 11.0 Å². The molecule has 2 heterocycles. The lowest BCUT2D eigenvalue weighted by Crippen LogP contribution is -2.36. The summed E-state index contributed by atoms with van der Waals surface area (Å²) in [6.45, 7) is 3.89. The minimum Gasteiger partial charge on any atom is -0.480 e. The minimum atomic E-state index is -0.695. The molecule has 29 heavy (non-hydrogen) atoms. The molecule has 6 heteroatoms. The minimum absolute atomic E-state index is 0.234. The van der Waals surface area contributed by atoms with Crippen molar-refractivity contribution in [2.45, 2.75) is 52.2 Å². The van der Waals surface area contributed by atoms with Gasteiger partial charge in [-0.15, -0.1) is 0 Å². The van der Waals surface area contributed by atoms with Crippen LogP contribution in [-0.2, 0) is 24.2 Å². The van der Waals surface area contributed by atoms with Crippen LogP contribution in [0.5, 0.6) is 5.75 Å². The van der Waals surface area contributed by atoms with Gasteiger partial charge in [-0.3, -0.25) is 9.78 Å². The summed E-state index contributed by atoms with van der Waals surface area (Å²) in [4.78, 5) is 29.0. The molecule has 1 atom stereocenters. The van der Waals surface area contributed by atoms with Crippen LogP contribution in [0.1, 0.15) is 42.1 Å². The molecule has 0 radical (unpaired) electrons. The maximum Gasteiger partial charge on any atom is 0.339 e. The SMILES string of the molecule is Cc1c(O[C@H](C)C(=O)NCc2ccccn2)ccc2c3c(c(=O)oc12)CCCC3. The molecule has 1 amide bonds. The Bertz CT molecular complexity index is 1110. The van der Waals surface area contributed by atoms with E-state index in [4.69, 9.17) is 9.15 Å². The third-order valence-corrected chi connectivity index (χ3v) is 5.43. The molecule has 1 aliphatic rings. The Hall–Kier alpha value is -3.15. The van der Waals surface area contributed by atoms with E-state index in [9.17, 15) is 9.59 Å². The molecule has 1 N–H and O–H groups in total. The molecular weight excluding hydrogens is 368 g/mol. The maximum absolute atomic E-state index is 12.4. The first-order valence-corrected chi connectivity index (χ1v) is 9.97. The van der Waals surface area contributed by atoms with E-state index >= 15 is 0 Å². The summed E-state index contributed by atoms with van der Waals surface area (Å²) in [7, 11) is 0. The third-order valence-electron chi connectivity index (χ3n) is 5.43. The molecular formula is C23H24N2O4. The van der Waals surface area contributed by atoms with E-state index < -0.39 is 6.10 Å². The Morgan fingerprint density at radius 1 is 1.21 bits per heavy atom. The number of aromatic nitrogens is 1. The van der Waals surface area contributed by atoms with Crippen molar-refractivity contribution in [1.82, 2.24) is 10.3 Å². The van der Waals surface area contributed by atoms with Crippen molar-refractivity contribution in [3.05, 3.63) is 69.3 Å². The number of nitrogens with one attached hydrogen (secondary N) is 1. The number of hydrogen-bond donors (Lipinski definition) is 1. The second kappa shape index (κ2) is 8.07. The quantitative estimate of drug-likeness (QED) is 0.673. The van der Waals surface area contributed by atoms with E-state index in [0.29, 0.717) is 17.9 Å². The normalized spacial score (nSPS) is 14.3. The van der Waals surface area contributed by atoms with Gasteiger partial charge in [0.25, 0.3) is 5.91 Å². The number of hydrogen-bond acceptors (Lipinski definition) is 5. The lowest BCUT2D eigenvalue weighted by molar-refractivity contribution is -0.127. The fourth-order valence-electron chi connectivity index (χ4n) is 3.82. The number of nitrogens with zero attached hydrogens (tertiary/aromatic N) is 1. The molecule has 1 aliphatic carbocycles. The zero-order chi connectivity index (χ0) is 20.4. The number of pyridine rings is 1. The summed E-state index contributed by atoms with van der Waals surface area (Å²) in [6.07, 6.45) is 4.76. The van der Waals surface area contributed by atoms with Gasteiger partial charge in [-0.25, -0.2) is 4.79 Å². The second-order valence-electron chi connectivity index (χ2n) is 7.42. The standard InChI is InChI=1S/C23H24N2O4/c1-14-20(28-15(2)22(26)25-13-16-7-5-6-12-24-16)11-10-18-17-8-3-4-9-19(17)23(27)29-21(14)18/h5-7,10-12,15H,3-4,8-9,13H2,1-2H3,(H,25,26)/t15-/m1/s1. The highest BCUT2D eigenvalue weighted by molar-refractivity contribution is 5.86. The van der Waals surface area contributed by atoms with Gasteiger partial charge in [-0.05, 0) is 69.4 Å². The van der Waals surface area contributed by atoms with Crippen LogP contribution < -0.4 is 15.7 Å². The van der Waals surface area contributed by atoms with E-state index in [-0.39, 0.29) is 11.5 Å². The van der Waals surface area contributed by atoms with Crippen LogP contribution in [0.15, 0.2) is 45.7 Å². The maximum atomic E-state index is 12.4. The molecule has 150 valence electrons. The van der Waals surface area contributed by atoms with E-state index in [1.807, 2.05) is 37.3 Å². The fourth-order valence-corrected chi connectivity index (χ4v) is 3.82. The number of benzene rings is 1. The lowest BCUT2D eigenvalue weighted by Gasteiger charge is -2.19. The Kier molecular flexibility index (Phi) is 5.34. The van der Waals surface area contributed by atoms with Crippen LogP contribution in [0.2, 0.25) is 0 Å². The molecule has 0 bridgehead atoms. The number of amides is 1. The summed E-state index contributed by atoms with van der Waals surface area (Å²) < 4.78 is 11.5. The van der Waals surface area contributed by atoms with Gasteiger partial charge in [0.1, 0.15) is 11.3 Å². The van der Waals surface area contributed by atoms with Crippen LogP contribution in [-0.4, -0.2) is 17.0 Å². The van der Waals surface area contributed by atoms with Crippen molar-refractivity contribution in [2.75, 3.05) is 0 Å². The van der Waals surface area contributed by atoms with Crippen LogP contribution in [0, 0.1) is 6.92 Å². The number of carbonyl (C=O) groups is 1. The van der Waals surface area contributed by atoms with Crippen LogP contribution in [0.3, 0.4) is 0 Å². The number of carbonyl (C=O) groups excluding carboxylic acids is 1. The topological polar surface area (TPSA) is 81.4 Å². The first kappa shape index (κ1) is 19.2. The molecule has 4 rings (SSSR count). The molecule has 6 nitrogen and oxygen atoms in total. The van der Waals surface area contributed by atoms with Crippen molar-refractivity contribution >= 4 is 16.9 Å². The Morgan fingerprint density at radius 2 is 2.00 bits per heavy atom. The zero-order valence-electron chi connectivity index (χ0n) is 16.7. The molecule has 0 saturated heterocycles. The molecule has 1 aromatic carbocycles. The van der Waals surface area contributed by atoms with Gasteiger partial charge in [0.2, 0.25) is 0 Å². The lowest BCUT2D eigenvalue weighted by atomic mass is 9.90. The fraction of sp³-hybridized carbons (Fsp3) is 0.348. The Balaban J connectivity index is 1.54. The van der Waals surface area contributed by atoms with E-state index in [0.717, 1.165) is 53.5 Å². The first-order chi connectivity index (χ1) is 14.0. The summed E-state index contributed by atoms with van der Waals surface area (Å²) in [5, 5.41) is 3.79. The summed E-state index contributed by atoms with van der Waals surface area (Å²) >= 11 is 0. The van der Waals surface area contributed by atoms with Gasteiger partial charge in [-0.2, -0.15) is 0 Å². The Morgan fingerprint density at radius 3 is 2.76 bits per heavy atom. The second-order valence-corrected chi connectivity index (χ2v) is 7.42. The highest BCUT2D eigenvalue weighted by Gasteiger charge is 2.21. The van der Waals surface area contributed by atoms with Crippen LogP contribution in [0.4, 0.5) is 0 Å². The highest BCUT2D eigenvalue weighted by Crippen LogP contribution is 2.32. The molecule has 2 aromatic heterocycles. The molecule has 0 saturated carbocycles. The van der Waals surface area contributed by atoms with Gasteiger partial charge >= 0.3 is 5.63 Å². The first-order valence-electron chi connectivity index (χ1n) is 9.97.